The molecule has 1 aromatic heterocycles. The molecule has 0 aliphatic carbocycles. The molecule has 0 N–H and O–H groups in total. The van der Waals surface area contributed by atoms with Crippen molar-refractivity contribution in [1.82, 2.24) is 9.78 Å². The zero-order valence-electron chi connectivity index (χ0n) is 8.07. The van der Waals surface area contributed by atoms with Crippen molar-refractivity contribution >= 4 is 0 Å². The summed E-state index contributed by atoms with van der Waals surface area (Å²) in [6.07, 6.45) is 5.44. The standard InChI is InChI=1S/C10H16N2O/c1-2-9-5-6-12(11-9)10-4-3-7-13-8-10/h5-6,10H,2-4,7-8H2,1H3. The first-order chi connectivity index (χ1) is 6.40. The van der Waals surface area contributed by atoms with Gasteiger partial charge in [0.2, 0.25) is 0 Å². The highest BCUT2D eigenvalue weighted by molar-refractivity contribution is 4.99. The van der Waals surface area contributed by atoms with Gasteiger partial charge >= 0.3 is 0 Å². The van der Waals surface area contributed by atoms with E-state index in [4.69, 9.17) is 4.74 Å². The minimum absolute atomic E-state index is 0.467. The third-order valence-corrected chi connectivity index (χ3v) is 2.54. The van der Waals surface area contributed by atoms with Gasteiger partial charge in [-0.15, -0.1) is 0 Å². The summed E-state index contributed by atoms with van der Waals surface area (Å²) in [4.78, 5) is 0. The summed E-state index contributed by atoms with van der Waals surface area (Å²) in [5.41, 5.74) is 1.17. The first-order valence-electron chi connectivity index (χ1n) is 5.02. The van der Waals surface area contributed by atoms with Gasteiger partial charge in [-0.25, -0.2) is 0 Å². The Balaban J connectivity index is 2.05. The van der Waals surface area contributed by atoms with E-state index in [1.165, 1.54) is 12.1 Å². The highest BCUT2D eigenvalue weighted by Gasteiger charge is 2.15. The molecule has 1 aliphatic heterocycles. The summed E-state index contributed by atoms with van der Waals surface area (Å²) in [5.74, 6) is 0. The molecule has 0 spiro atoms. The van der Waals surface area contributed by atoms with Crippen LogP contribution in [-0.2, 0) is 11.2 Å². The zero-order chi connectivity index (χ0) is 9.10. The maximum absolute atomic E-state index is 5.42. The Labute approximate surface area is 78.7 Å². The van der Waals surface area contributed by atoms with Crippen LogP contribution in [0.5, 0.6) is 0 Å². The summed E-state index contributed by atoms with van der Waals surface area (Å²) < 4.78 is 7.47. The first kappa shape index (κ1) is 8.75. The molecule has 0 aromatic carbocycles. The molecule has 1 atom stereocenters. The van der Waals surface area contributed by atoms with Gasteiger partial charge in [-0.1, -0.05) is 6.92 Å². The van der Waals surface area contributed by atoms with E-state index < -0.39 is 0 Å². The van der Waals surface area contributed by atoms with E-state index in [-0.39, 0.29) is 0 Å². The summed E-state index contributed by atoms with van der Waals surface area (Å²) in [5, 5.41) is 4.49. The van der Waals surface area contributed by atoms with Gasteiger partial charge in [0.05, 0.1) is 18.3 Å². The highest BCUT2D eigenvalue weighted by atomic mass is 16.5. The second-order valence-electron chi connectivity index (χ2n) is 3.51. The van der Waals surface area contributed by atoms with Crippen molar-refractivity contribution in [2.24, 2.45) is 0 Å². The van der Waals surface area contributed by atoms with E-state index >= 15 is 0 Å². The molecular weight excluding hydrogens is 164 g/mol. The van der Waals surface area contributed by atoms with E-state index in [1.54, 1.807) is 0 Å². The van der Waals surface area contributed by atoms with Crippen molar-refractivity contribution in [3.8, 4) is 0 Å². The minimum atomic E-state index is 0.467. The molecule has 2 heterocycles. The molecule has 0 radical (unpaired) electrons. The second-order valence-corrected chi connectivity index (χ2v) is 3.51. The Morgan fingerprint density at radius 1 is 1.69 bits per heavy atom. The average Bonchev–Trinajstić information content (AvgIpc) is 2.67. The Hall–Kier alpha value is -0.830. The van der Waals surface area contributed by atoms with Crippen LogP contribution in [0.3, 0.4) is 0 Å². The lowest BCUT2D eigenvalue weighted by molar-refractivity contribution is 0.0548. The molecule has 0 amide bonds. The lowest BCUT2D eigenvalue weighted by Crippen LogP contribution is -2.21. The third-order valence-electron chi connectivity index (χ3n) is 2.54. The Morgan fingerprint density at radius 3 is 3.23 bits per heavy atom. The molecular formula is C10H16N2O. The molecule has 1 unspecified atom stereocenters. The summed E-state index contributed by atoms with van der Waals surface area (Å²) in [6, 6.07) is 2.56. The van der Waals surface area contributed by atoms with E-state index in [2.05, 4.69) is 29.0 Å². The zero-order valence-corrected chi connectivity index (χ0v) is 8.07. The smallest absolute Gasteiger partial charge is 0.0753 e. The van der Waals surface area contributed by atoms with Gasteiger partial charge in [-0.05, 0) is 25.3 Å². The maximum Gasteiger partial charge on any atom is 0.0753 e. The van der Waals surface area contributed by atoms with Crippen molar-refractivity contribution in [2.75, 3.05) is 13.2 Å². The predicted octanol–water partition coefficient (Wildman–Crippen LogP) is 1.80. The van der Waals surface area contributed by atoms with Gasteiger partial charge in [-0.3, -0.25) is 4.68 Å². The number of aryl methyl sites for hydroxylation is 1. The topological polar surface area (TPSA) is 27.1 Å². The maximum atomic E-state index is 5.42. The quantitative estimate of drug-likeness (QED) is 0.694. The van der Waals surface area contributed by atoms with E-state index in [0.29, 0.717) is 6.04 Å². The molecule has 0 bridgehead atoms. The summed E-state index contributed by atoms with van der Waals surface area (Å²) >= 11 is 0. The molecule has 13 heavy (non-hydrogen) atoms. The van der Waals surface area contributed by atoms with Gasteiger partial charge in [0.15, 0.2) is 0 Å². The van der Waals surface area contributed by atoms with Crippen molar-refractivity contribution < 1.29 is 4.74 Å². The van der Waals surface area contributed by atoms with Crippen LogP contribution in [-0.4, -0.2) is 23.0 Å². The molecule has 72 valence electrons. The van der Waals surface area contributed by atoms with E-state index in [1.807, 2.05) is 0 Å². The molecule has 2 rings (SSSR count). The van der Waals surface area contributed by atoms with E-state index in [9.17, 15) is 0 Å². The lowest BCUT2D eigenvalue weighted by atomic mass is 10.1. The normalized spacial score (nSPS) is 23.3. The number of aromatic nitrogens is 2. The van der Waals surface area contributed by atoms with Crippen LogP contribution in [0.4, 0.5) is 0 Å². The summed E-state index contributed by atoms with van der Waals surface area (Å²) in [6.45, 7) is 3.87. The van der Waals surface area contributed by atoms with Crippen LogP contribution in [0.2, 0.25) is 0 Å². The van der Waals surface area contributed by atoms with Crippen LogP contribution >= 0.6 is 0 Å². The first-order valence-corrected chi connectivity index (χ1v) is 5.02. The fourth-order valence-corrected chi connectivity index (χ4v) is 1.70. The van der Waals surface area contributed by atoms with Crippen molar-refractivity contribution in [3.63, 3.8) is 0 Å². The fourth-order valence-electron chi connectivity index (χ4n) is 1.70. The molecule has 0 saturated carbocycles. The van der Waals surface area contributed by atoms with Gasteiger partial charge in [0.25, 0.3) is 0 Å². The molecule has 1 aromatic rings. The fraction of sp³-hybridized carbons (Fsp3) is 0.700. The van der Waals surface area contributed by atoms with Crippen molar-refractivity contribution in [2.45, 2.75) is 32.2 Å². The Morgan fingerprint density at radius 2 is 2.62 bits per heavy atom. The number of ether oxygens (including phenoxy) is 1. The van der Waals surface area contributed by atoms with Crippen molar-refractivity contribution in [1.29, 1.82) is 0 Å². The predicted molar refractivity (Wildman–Crippen MR) is 50.7 cm³/mol. The molecule has 3 nitrogen and oxygen atoms in total. The largest absolute Gasteiger partial charge is 0.379 e. The van der Waals surface area contributed by atoms with Gasteiger partial charge in [0, 0.05) is 12.8 Å². The number of nitrogens with zero attached hydrogens (tertiary/aromatic N) is 2. The van der Waals surface area contributed by atoms with Crippen LogP contribution in [0.15, 0.2) is 12.3 Å². The number of hydrogen-bond acceptors (Lipinski definition) is 2. The van der Waals surface area contributed by atoms with Crippen LogP contribution in [0.25, 0.3) is 0 Å². The van der Waals surface area contributed by atoms with Crippen LogP contribution in [0, 0.1) is 0 Å². The molecule has 1 fully saturated rings. The van der Waals surface area contributed by atoms with Crippen LogP contribution in [0.1, 0.15) is 31.5 Å². The average molecular weight is 180 g/mol. The summed E-state index contributed by atoms with van der Waals surface area (Å²) in [7, 11) is 0. The van der Waals surface area contributed by atoms with Gasteiger partial charge < -0.3 is 4.74 Å². The minimum Gasteiger partial charge on any atom is -0.379 e. The second kappa shape index (κ2) is 3.92. The monoisotopic (exact) mass is 180 g/mol. The highest BCUT2D eigenvalue weighted by Crippen LogP contribution is 2.18. The van der Waals surface area contributed by atoms with Gasteiger partial charge in [-0.2, -0.15) is 5.10 Å². The molecule has 3 heteroatoms. The van der Waals surface area contributed by atoms with E-state index in [0.717, 1.165) is 26.1 Å². The molecule has 1 saturated heterocycles. The van der Waals surface area contributed by atoms with Crippen molar-refractivity contribution in [3.05, 3.63) is 18.0 Å². The van der Waals surface area contributed by atoms with Crippen LogP contribution < -0.4 is 0 Å². The Bertz CT molecular complexity index is 264. The lowest BCUT2D eigenvalue weighted by Gasteiger charge is -2.22. The Kier molecular flexibility index (Phi) is 2.64. The number of rotatable bonds is 2. The SMILES string of the molecule is CCc1ccn(C2CCCOC2)n1. The molecule has 1 aliphatic rings. The van der Waals surface area contributed by atoms with Gasteiger partial charge in [0.1, 0.15) is 0 Å². The third kappa shape index (κ3) is 1.91. The number of hydrogen-bond donors (Lipinski definition) is 0.